The summed E-state index contributed by atoms with van der Waals surface area (Å²) in [4.78, 5) is 29.0. The van der Waals surface area contributed by atoms with E-state index < -0.39 is 52.8 Å². The summed E-state index contributed by atoms with van der Waals surface area (Å²) in [7, 11) is -0.430. The molecule has 41 heavy (non-hydrogen) atoms. The Morgan fingerprint density at radius 2 is 1.61 bits per heavy atom. The highest BCUT2D eigenvalue weighted by molar-refractivity contribution is 7.88. The van der Waals surface area contributed by atoms with Crippen LogP contribution in [0.1, 0.15) is 22.3 Å². The van der Waals surface area contributed by atoms with Gasteiger partial charge in [-0.05, 0) is 49.3 Å². The van der Waals surface area contributed by atoms with E-state index in [1.807, 2.05) is 0 Å². The van der Waals surface area contributed by atoms with Crippen LogP contribution in [0.3, 0.4) is 0 Å². The number of alkyl halides is 6. The molecule has 0 saturated heterocycles. The van der Waals surface area contributed by atoms with Crippen molar-refractivity contribution in [2.24, 2.45) is 0 Å². The number of sulfonamides is 1. The van der Waals surface area contributed by atoms with Crippen molar-refractivity contribution in [2.75, 3.05) is 51.4 Å². The van der Waals surface area contributed by atoms with E-state index in [0.717, 1.165) is 21.5 Å². The molecule has 1 aliphatic heterocycles. The number of benzene rings is 2. The van der Waals surface area contributed by atoms with Gasteiger partial charge in [0, 0.05) is 38.4 Å². The molecule has 0 fully saturated rings. The number of amides is 2. The summed E-state index contributed by atoms with van der Waals surface area (Å²) in [6.45, 7) is -1.89. The standard InChI is InChI=1S/C26H30F6N4O4S/c1-33(2)13-14-34(15-19-7-4-5-9-21(19)25(27,28)29)23(37)17-36(24(38)26(30,31)32)22-10-6-8-18-11-12-35(16-20(18)22)41(3,39)40/h4-10H,11-17H2,1-3H3. The van der Waals surface area contributed by atoms with Crippen molar-refractivity contribution in [1.29, 1.82) is 0 Å². The van der Waals surface area contributed by atoms with Crippen molar-refractivity contribution in [1.82, 2.24) is 14.1 Å². The van der Waals surface area contributed by atoms with Crippen LogP contribution in [0.25, 0.3) is 0 Å². The Kier molecular flexibility index (Phi) is 9.76. The molecule has 2 aromatic rings. The summed E-state index contributed by atoms with van der Waals surface area (Å²) >= 11 is 0. The van der Waals surface area contributed by atoms with E-state index >= 15 is 0 Å². The lowest BCUT2D eigenvalue weighted by Crippen LogP contribution is -2.49. The fourth-order valence-corrected chi connectivity index (χ4v) is 5.27. The number of carbonyl (C=O) groups excluding carboxylic acids is 2. The lowest BCUT2D eigenvalue weighted by molar-refractivity contribution is -0.170. The maximum absolute atomic E-state index is 13.8. The Morgan fingerprint density at radius 1 is 0.951 bits per heavy atom. The molecule has 15 heteroatoms. The van der Waals surface area contributed by atoms with Crippen molar-refractivity contribution in [3.63, 3.8) is 0 Å². The minimum Gasteiger partial charge on any atom is -0.336 e. The molecule has 8 nitrogen and oxygen atoms in total. The van der Waals surface area contributed by atoms with Gasteiger partial charge in [0.2, 0.25) is 15.9 Å². The van der Waals surface area contributed by atoms with Gasteiger partial charge in [-0.2, -0.15) is 30.6 Å². The molecule has 226 valence electrons. The number of likely N-dealkylation sites (N-methyl/N-ethyl adjacent to an activating group) is 1. The van der Waals surface area contributed by atoms with Crippen LogP contribution < -0.4 is 4.90 Å². The number of hydrogen-bond acceptors (Lipinski definition) is 5. The first-order valence-corrected chi connectivity index (χ1v) is 14.3. The zero-order chi connectivity index (χ0) is 30.8. The number of anilines is 1. The van der Waals surface area contributed by atoms with E-state index in [-0.39, 0.29) is 54.3 Å². The molecule has 1 aliphatic rings. The SMILES string of the molecule is CN(C)CCN(Cc1ccccc1C(F)(F)F)C(=O)CN(C(=O)C(F)(F)F)c1cccc2c1CN(S(C)(=O)=O)CC2. The first-order valence-electron chi connectivity index (χ1n) is 12.4. The maximum atomic E-state index is 13.8. The highest BCUT2D eigenvalue weighted by Crippen LogP contribution is 2.34. The van der Waals surface area contributed by atoms with Gasteiger partial charge in [0.1, 0.15) is 6.54 Å². The lowest BCUT2D eigenvalue weighted by Gasteiger charge is -2.33. The smallest absolute Gasteiger partial charge is 0.336 e. The number of fused-ring (bicyclic) bond motifs is 1. The predicted octanol–water partition coefficient (Wildman–Crippen LogP) is 3.51. The van der Waals surface area contributed by atoms with Crippen LogP contribution in [0.5, 0.6) is 0 Å². The molecule has 0 spiro atoms. The number of rotatable bonds is 9. The third-order valence-electron chi connectivity index (χ3n) is 6.61. The highest BCUT2D eigenvalue weighted by atomic mass is 32.2. The zero-order valence-corrected chi connectivity index (χ0v) is 23.4. The topological polar surface area (TPSA) is 81.2 Å². The Labute approximate surface area is 234 Å². The lowest BCUT2D eigenvalue weighted by atomic mass is 9.98. The second-order valence-corrected chi connectivity index (χ2v) is 11.9. The van der Waals surface area contributed by atoms with Crippen molar-refractivity contribution in [3.05, 3.63) is 64.7 Å². The molecule has 0 aromatic heterocycles. The van der Waals surface area contributed by atoms with Gasteiger partial charge >= 0.3 is 18.3 Å². The Balaban J connectivity index is 2.03. The summed E-state index contributed by atoms with van der Waals surface area (Å²) in [5.74, 6) is -3.38. The molecule has 1 heterocycles. The van der Waals surface area contributed by atoms with E-state index in [2.05, 4.69) is 0 Å². The second-order valence-electron chi connectivity index (χ2n) is 9.92. The fourth-order valence-electron chi connectivity index (χ4n) is 4.48. The van der Waals surface area contributed by atoms with E-state index in [1.165, 1.54) is 30.3 Å². The number of carbonyl (C=O) groups is 2. The van der Waals surface area contributed by atoms with Crippen molar-refractivity contribution in [2.45, 2.75) is 31.9 Å². The fraction of sp³-hybridized carbons (Fsp3) is 0.462. The molecule has 3 rings (SSSR count). The monoisotopic (exact) mass is 608 g/mol. The number of hydrogen-bond donors (Lipinski definition) is 0. The van der Waals surface area contributed by atoms with Crippen LogP contribution in [0, 0.1) is 0 Å². The van der Waals surface area contributed by atoms with Gasteiger partial charge < -0.3 is 9.80 Å². The van der Waals surface area contributed by atoms with Crippen LogP contribution >= 0.6 is 0 Å². The number of halogens is 6. The summed E-state index contributed by atoms with van der Waals surface area (Å²) in [5, 5.41) is 0. The van der Waals surface area contributed by atoms with Crippen LogP contribution in [0.2, 0.25) is 0 Å². The van der Waals surface area contributed by atoms with Crippen LogP contribution in [0.4, 0.5) is 32.0 Å². The van der Waals surface area contributed by atoms with Crippen LogP contribution in [-0.2, 0) is 45.3 Å². The van der Waals surface area contributed by atoms with E-state index in [0.29, 0.717) is 5.56 Å². The Bertz CT molecular complexity index is 1380. The average Bonchev–Trinajstić information content (AvgIpc) is 2.87. The van der Waals surface area contributed by atoms with Gasteiger partial charge in [-0.1, -0.05) is 30.3 Å². The molecule has 0 saturated carbocycles. The summed E-state index contributed by atoms with van der Waals surface area (Å²) in [5.41, 5.74) is -0.907. The summed E-state index contributed by atoms with van der Waals surface area (Å²) in [6, 6.07) is 8.72. The van der Waals surface area contributed by atoms with E-state index in [4.69, 9.17) is 0 Å². The van der Waals surface area contributed by atoms with Crippen molar-refractivity contribution in [3.8, 4) is 0 Å². The largest absolute Gasteiger partial charge is 0.471 e. The first kappa shape index (κ1) is 32.3. The molecule has 2 amide bonds. The molecule has 0 unspecified atom stereocenters. The quantitative estimate of drug-likeness (QED) is 0.408. The molecule has 0 radical (unpaired) electrons. The minimum absolute atomic E-state index is 0.0817. The van der Waals surface area contributed by atoms with Gasteiger partial charge in [-0.15, -0.1) is 0 Å². The van der Waals surface area contributed by atoms with Crippen LogP contribution in [-0.4, -0.2) is 87.0 Å². The first-order chi connectivity index (χ1) is 18.9. The minimum atomic E-state index is -5.40. The Hall–Kier alpha value is -3.17. The molecule has 0 bridgehead atoms. The average molecular weight is 609 g/mol. The molecule has 0 atom stereocenters. The van der Waals surface area contributed by atoms with Gasteiger partial charge in [0.15, 0.2) is 0 Å². The van der Waals surface area contributed by atoms with Gasteiger partial charge in [-0.25, -0.2) is 8.42 Å². The summed E-state index contributed by atoms with van der Waals surface area (Å²) in [6.07, 6.45) is -9.02. The maximum Gasteiger partial charge on any atom is 0.471 e. The highest BCUT2D eigenvalue weighted by Gasteiger charge is 2.45. The van der Waals surface area contributed by atoms with E-state index in [1.54, 1.807) is 25.1 Å². The number of nitrogens with zero attached hydrogens (tertiary/aromatic N) is 4. The molecular formula is C26H30F6N4O4S. The van der Waals surface area contributed by atoms with Crippen LogP contribution in [0.15, 0.2) is 42.5 Å². The molecule has 0 N–H and O–H groups in total. The third kappa shape index (κ3) is 8.20. The summed E-state index contributed by atoms with van der Waals surface area (Å²) < 4.78 is 108. The van der Waals surface area contributed by atoms with Gasteiger partial charge in [-0.3, -0.25) is 14.5 Å². The normalized spacial score (nSPS) is 14.6. The van der Waals surface area contributed by atoms with Crippen molar-refractivity contribution < 1.29 is 44.3 Å². The van der Waals surface area contributed by atoms with Crippen molar-refractivity contribution >= 4 is 27.5 Å². The second kappa shape index (κ2) is 12.4. The molecule has 0 aliphatic carbocycles. The van der Waals surface area contributed by atoms with E-state index in [9.17, 15) is 44.3 Å². The van der Waals surface area contributed by atoms with Gasteiger partial charge in [0.25, 0.3) is 0 Å². The molecular weight excluding hydrogens is 578 g/mol. The molecule has 2 aromatic carbocycles. The third-order valence-corrected chi connectivity index (χ3v) is 7.86. The Morgan fingerprint density at radius 3 is 2.20 bits per heavy atom. The zero-order valence-electron chi connectivity index (χ0n) is 22.6. The predicted molar refractivity (Wildman–Crippen MR) is 139 cm³/mol. The van der Waals surface area contributed by atoms with Gasteiger partial charge in [0.05, 0.1) is 11.8 Å².